The largest absolute Gasteiger partial charge is 0.480 e. The molecule has 0 amide bonds. The summed E-state index contributed by atoms with van der Waals surface area (Å²) in [5, 5.41) is 9.94. The van der Waals surface area contributed by atoms with Gasteiger partial charge in [-0.15, -0.1) is 0 Å². The Morgan fingerprint density at radius 1 is 1.13 bits per heavy atom. The highest BCUT2D eigenvalue weighted by Gasteiger charge is 2.49. The zero-order valence-electron chi connectivity index (χ0n) is 13.3. The second kappa shape index (κ2) is 4.50. The van der Waals surface area contributed by atoms with Gasteiger partial charge in [0, 0.05) is 30.0 Å². The Labute approximate surface area is 136 Å². The molecule has 0 bridgehead atoms. The number of aryl methyl sites for hydroxylation is 1. The summed E-state index contributed by atoms with van der Waals surface area (Å²) in [6, 6.07) is 4.19. The second-order valence-electron chi connectivity index (χ2n) is 7.53. The van der Waals surface area contributed by atoms with Crippen molar-refractivity contribution >= 4 is 11.7 Å². The van der Waals surface area contributed by atoms with Crippen LogP contribution in [0.4, 0.5) is 5.69 Å². The molecule has 0 radical (unpaired) electrons. The summed E-state index contributed by atoms with van der Waals surface area (Å²) in [4.78, 5) is 14.3. The monoisotopic (exact) mass is 307 g/mol. The predicted octanol–water partition coefficient (Wildman–Crippen LogP) is 3.60. The van der Waals surface area contributed by atoms with Gasteiger partial charge < -0.3 is 10.0 Å². The Morgan fingerprint density at radius 2 is 1.83 bits per heavy atom. The van der Waals surface area contributed by atoms with E-state index in [9.17, 15) is 9.90 Å². The molecular formula is C20H21NO2. The second-order valence-corrected chi connectivity index (χ2v) is 7.53. The van der Waals surface area contributed by atoms with Gasteiger partial charge in [0.2, 0.25) is 0 Å². The predicted molar refractivity (Wildman–Crippen MR) is 89.9 cm³/mol. The molecule has 0 aromatic heterocycles. The van der Waals surface area contributed by atoms with E-state index < -0.39 is 5.97 Å². The summed E-state index contributed by atoms with van der Waals surface area (Å²) in [5.41, 5.74) is 5.24. The Hall–Kier alpha value is -2.03. The first-order valence-corrected chi connectivity index (χ1v) is 8.62. The molecule has 2 aliphatic heterocycles. The number of rotatable bonds is 1. The average Bonchev–Trinajstić information content (AvgIpc) is 3.15. The van der Waals surface area contributed by atoms with Crippen molar-refractivity contribution in [2.75, 3.05) is 11.4 Å². The Kier molecular flexibility index (Phi) is 2.62. The minimum Gasteiger partial charge on any atom is -0.480 e. The number of hydrogen-bond donors (Lipinski definition) is 1. The number of allylic oxidation sites excluding steroid dienone is 4. The highest BCUT2D eigenvalue weighted by atomic mass is 16.4. The van der Waals surface area contributed by atoms with Crippen LogP contribution in [0.15, 0.2) is 36.4 Å². The normalized spacial score (nSPS) is 35.9. The van der Waals surface area contributed by atoms with E-state index in [0.717, 1.165) is 19.4 Å². The summed E-state index contributed by atoms with van der Waals surface area (Å²) in [6.07, 6.45) is 11.0. The molecule has 5 rings (SSSR count). The zero-order chi connectivity index (χ0) is 15.7. The van der Waals surface area contributed by atoms with Gasteiger partial charge in [-0.3, -0.25) is 0 Å². The lowest BCUT2D eigenvalue weighted by Crippen LogP contribution is -2.54. The van der Waals surface area contributed by atoms with Crippen LogP contribution in [-0.4, -0.2) is 23.7 Å². The maximum atomic E-state index is 12.1. The van der Waals surface area contributed by atoms with Gasteiger partial charge in [0.25, 0.3) is 0 Å². The maximum Gasteiger partial charge on any atom is 0.326 e. The van der Waals surface area contributed by atoms with E-state index in [1.54, 1.807) is 0 Å². The van der Waals surface area contributed by atoms with Gasteiger partial charge in [0.05, 0.1) is 0 Å². The van der Waals surface area contributed by atoms with Crippen LogP contribution in [0.3, 0.4) is 0 Å². The Morgan fingerprint density at radius 3 is 2.61 bits per heavy atom. The average molecular weight is 307 g/mol. The SMILES string of the molecule is Cc1cc2c3c(c1)[C@@H]1C=CC[C@@H]1[C@H](C(=O)O)N3C[C@H]1CC=C[C@H]21. The highest BCUT2D eigenvalue weighted by Crippen LogP contribution is 2.55. The van der Waals surface area contributed by atoms with Crippen molar-refractivity contribution in [3.63, 3.8) is 0 Å². The van der Waals surface area contributed by atoms with Crippen molar-refractivity contribution in [2.24, 2.45) is 11.8 Å². The molecule has 4 aliphatic rings. The van der Waals surface area contributed by atoms with Crippen LogP contribution in [0.5, 0.6) is 0 Å². The maximum absolute atomic E-state index is 12.1. The molecule has 3 heteroatoms. The first kappa shape index (κ1) is 13.4. The molecule has 0 fully saturated rings. The van der Waals surface area contributed by atoms with Gasteiger partial charge >= 0.3 is 5.97 Å². The molecule has 118 valence electrons. The summed E-state index contributed by atoms with van der Waals surface area (Å²) >= 11 is 0. The van der Waals surface area contributed by atoms with Crippen molar-refractivity contribution in [3.05, 3.63) is 53.1 Å². The van der Waals surface area contributed by atoms with E-state index in [1.807, 2.05) is 0 Å². The van der Waals surface area contributed by atoms with Crippen LogP contribution in [-0.2, 0) is 4.79 Å². The Bertz CT molecular complexity index is 746. The van der Waals surface area contributed by atoms with Crippen molar-refractivity contribution in [3.8, 4) is 0 Å². The molecule has 1 aromatic carbocycles. The molecule has 2 heterocycles. The molecule has 5 atom stereocenters. The summed E-state index contributed by atoms with van der Waals surface area (Å²) in [7, 11) is 0. The van der Waals surface area contributed by atoms with E-state index in [0.29, 0.717) is 11.8 Å². The first-order chi connectivity index (χ1) is 11.1. The van der Waals surface area contributed by atoms with Gasteiger partial charge in [-0.1, -0.05) is 42.0 Å². The standard InChI is InChI=1S/C20H21NO2/c1-11-8-16-13-5-2-4-12(13)10-21-18(16)17(9-11)14-6-3-7-15(14)19(21)20(22)23/h2-3,5-6,8-9,12-15,19H,4,7,10H2,1H3,(H,22,23)/t12-,13+,14-,15+,19-/m1/s1. The third-order valence-corrected chi connectivity index (χ3v) is 6.25. The number of hydrogen-bond acceptors (Lipinski definition) is 2. The van der Waals surface area contributed by atoms with Gasteiger partial charge in [0.15, 0.2) is 0 Å². The van der Waals surface area contributed by atoms with Crippen LogP contribution in [0, 0.1) is 18.8 Å². The minimum absolute atomic E-state index is 0.181. The molecule has 0 unspecified atom stereocenters. The minimum atomic E-state index is -0.662. The molecule has 23 heavy (non-hydrogen) atoms. The third-order valence-electron chi connectivity index (χ3n) is 6.25. The molecule has 3 nitrogen and oxygen atoms in total. The van der Waals surface area contributed by atoms with Crippen LogP contribution < -0.4 is 4.90 Å². The number of nitrogens with zero attached hydrogens (tertiary/aromatic N) is 1. The van der Waals surface area contributed by atoms with Crippen molar-refractivity contribution < 1.29 is 9.90 Å². The van der Waals surface area contributed by atoms with Gasteiger partial charge in [-0.25, -0.2) is 4.79 Å². The molecule has 0 saturated heterocycles. The summed E-state index contributed by atoms with van der Waals surface area (Å²) in [5.74, 6) is 0.787. The van der Waals surface area contributed by atoms with Gasteiger partial charge in [-0.05, 0) is 36.8 Å². The van der Waals surface area contributed by atoms with E-state index in [-0.39, 0.29) is 17.9 Å². The molecule has 0 spiro atoms. The van der Waals surface area contributed by atoms with Gasteiger partial charge in [-0.2, -0.15) is 0 Å². The highest BCUT2D eigenvalue weighted by molar-refractivity contribution is 5.84. The lowest BCUT2D eigenvalue weighted by atomic mass is 9.71. The van der Waals surface area contributed by atoms with E-state index in [2.05, 4.69) is 48.3 Å². The fourth-order valence-corrected chi connectivity index (χ4v) is 5.40. The number of aliphatic carboxylic acids is 1. The van der Waals surface area contributed by atoms with Crippen molar-refractivity contribution in [2.45, 2.75) is 37.6 Å². The van der Waals surface area contributed by atoms with Crippen LogP contribution >= 0.6 is 0 Å². The smallest absolute Gasteiger partial charge is 0.326 e. The molecule has 1 aromatic rings. The summed E-state index contributed by atoms with van der Waals surface area (Å²) < 4.78 is 0. The van der Waals surface area contributed by atoms with E-state index in [1.165, 1.54) is 22.4 Å². The van der Waals surface area contributed by atoms with E-state index >= 15 is 0 Å². The van der Waals surface area contributed by atoms with Gasteiger partial charge in [0.1, 0.15) is 6.04 Å². The third kappa shape index (κ3) is 1.68. The van der Waals surface area contributed by atoms with Crippen molar-refractivity contribution in [1.82, 2.24) is 0 Å². The molecular weight excluding hydrogens is 286 g/mol. The topological polar surface area (TPSA) is 40.5 Å². The van der Waals surface area contributed by atoms with Crippen LogP contribution in [0.25, 0.3) is 0 Å². The number of carboxylic acids is 1. The molecule has 1 N–H and O–H groups in total. The zero-order valence-corrected chi connectivity index (χ0v) is 13.3. The van der Waals surface area contributed by atoms with Crippen LogP contribution in [0.1, 0.15) is 41.4 Å². The Balaban J connectivity index is 1.78. The molecule has 2 aliphatic carbocycles. The number of carbonyl (C=O) groups is 1. The first-order valence-electron chi connectivity index (χ1n) is 8.62. The molecule has 0 saturated carbocycles. The summed E-state index contributed by atoms with van der Waals surface area (Å²) in [6.45, 7) is 3.04. The quantitative estimate of drug-likeness (QED) is 0.806. The van der Waals surface area contributed by atoms with Crippen LogP contribution in [0.2, 0.25) is 0 Å². The number of benzene rings is 1. The van der Waals surface area contributed by atoms with Crippen molar-refractivity contribution in [1.29, 1.82) is 0 Å². The fourth-order valence-electron chi connectivity index (χ4n) is 5.40. The number of anilines is 1. The van der Waals surface area contributed by atoms with E-state index in [4.69, 9.17) is 0 Å². The number of fused-ring (bicyclic) bond motifs is 4. The lowest BCUT2D eigenvalue weighted by Gasteiger charge is -2.49. The number of carboxylic acid groups (broad SMARTS) is 1. The fraction of sp³-hybridized carbons (Fsp3) is 0.450. The lowest BCUT2D eigenvalue weighted by molar-refractivity contribution is -0.140.